The number of aliphatic hydroxyl groups is 1. The van der Waals surface area contributed by atoms with Gasteiger partial charge in [-0.1, -0.05) is 18.5 Å². The minimum atomic E-state index is -1.64. The Morgan fingerprint density at radius 3 is 2.72 bits per heavy atom. The predicted octanol–water partition coefficient (Wildman–Crippen LogP) is 3.04. The van der Waals surface area contributed by atoms with Gasteiger partial charge in [0, 0.05) is 79.5 Å². The van der Waals surface area contributed by atoms with Gasteiger partial charge in [-0.25, -0.2) is 0 Å². The number of thiophene rings is 1. The van der Waals surface area contributed by atoms with Crippen molar-refractivity contribution in [2.45, 2.75) is 31.5 Å². The highest BCUT2D eigenvalue weighted by Crippen LogP contribution is 2.46. The molecule has 2 unspecified atom stereocenters. The van der Waals surface area contributed by atoms with Crippen LogP contribution in [0, 0.1) is 0 Å². The highest BCUT2D eigenvalue weighted by Gasteiger charge is 2.40. The number of benzene rings is 1. The number of carbonyl (C=O) groups is 2. The smallest absolute Gasteiger partial charge is 0.264 e. The average Bonchev–Trinajstić information content (AvgIpc) is 3.52. The Morgan fingerprint density at radius 2 is 2.03 bits per heavy atom. The van der Waals surface area contributed by atoms with E-state index in [1.807, 2.05) is 23.1 Å². The number of aromatic nitrogens is 1. The van der Waals surface area contributed by atoms with Crippen molar-refractivity contribution in [1.82, 2.24) is 20.1 Å². The molecule has 0 aliphatic carbocycles. The second kappa shape index (κ2) is 9.63. The maximum absolute atomic E-state index is 13.1. The van der Waals surface area contributed by atoms with Crippen LogP contribution in [-0.4, -0.2) is 78.1 Å². The van der Waals surface area contributed by atoms with Crippen LogP contribution < -0.4 is 10.1 Å². The second-order valence-electron chi connectivity index (χ2n) is 9.42. The van der Waals surface area contributed by atoms with Crippen LogP contribution in [0.3, 0.4) is 0 Å². The van der Waals surface area contributed by atoms with E-state index in [9.17, 15) is 14.7 Å². The van der Waals surface area contributed by atoms with Crippen LogP contribution in [0.2, 0.25) is 5.02 Å². The molecule has 190 valence electrons. The van der Waals surface area contributed by atoms with Crippen molar-refractivity contribution in [3.05, 3.63) is 45.9 Å². The summed E-state index contributed by atoms with van der Waals surface area (Å²) in [5, 5.41) is 15.1. The lowest BCUT2D eigenvalue weighted by Gasteiger charge is -2.29. The molecule has 10 heteroatoms. The number of nitrogens with zero attached hydrogens (tertiary/aromatic N) is 3. The van der Waals surface area contributed by atoms with Gasteiger partial charge in [-0.2, -0.15) is 0 Å². The zero-order valence-corrected chi connectivity index (χ0v) is 22.1. The number of hydrogen-bond donors (Lipinski definition) is 2. The average molecular weight is 529 g/mol. The minimum Gasteiger partial charge on any atom is -0.479 e. The molecule has 4 heterocycles. The molecule has 3 aromatic rings. The minimum absolute atomic E-state index is 0.0109. The van der Waals surface area contributed by atoms with Gasteiger partial charge in [0.2, 0.25) is 0 Å². The molecule has 5 rings (SSSR count). The molecule has 1 fully saturated rings. The number of piperazine rings is 1. The quantitative estimate of drug-likeness (QED) is 0.528. The number of pyridine rings is 1. The fourth-order valence-electron chi connectivity index (χ4n) is 4.91. The van der Waals surface area contributed by atoms with E-state index < -0.39 is 11.7 Å². The van der Waals surface area contributed by atoms with Crippen LogP contribution in [0.1, 0.15) is 23.8 Å². The first-order chi connectivity index (χ1) is 17.2. The van der Waals surface area contributed by atoms with Gasteiger partial charge in [0.15, 0.2) is 11.7 Å². The van der Waals surface area contributed by atoms with E-state index in [0.717, 1.165) is 34.5 Å². The first kappa shape index (κ1) is 25.0. The van der Waals surface area contributed by atoms with Gasteiger partial charge in [0.05, 0.1) is 10.2 Å². The van der Waals surface area contributed by atoms with Crippen molar-refractivity contribution >= 4 is 45.0 Å². The topological polar surface area (TPSA) is 95.0 Å². The van der Waals surface area contributed by atoms with E-state index in [0.29, 0.717) is 40.7 Å². The SMILES string of the molecule is CCC(O)(C(=O)N(C)C)c1cc2nccc(-c3cc(Cl)cc4c3OC(C(=O)N3CCNCC3)C4)c2s1. The standard InChI is InChI=1S/C26H29ClN4O4S/c1-4-26(34,25(33)30(2)3)21-14-19-23(36-21)17(5-6-29-19)18-13-16(27)11-15-12-20(35-22(15)18)24(32)31-9-7-28-8-10-31/h5-6,11,13-14,20,28,34H,4,7-10,12H2,1-3H3. The maximum Gasteiger partial charge on any atom is 0.264 e. The number of hydrogen-bond acceptors (Lipinski definition) is 7. The molecule has 0 bridgehead atoms. The molecular weight excluding hydrogens is 500 g/mol. The first-order valence-corrected chi connectivity index (χ1v) is 13.2. The molecule has 0 saturated carbocycles. The number of likely N-dealkylation sites (N-methyl/N-ethyl adjacent to an activating group) is 1. The van der Waals surface area contributed by atoms with Crippen molar-refractivity contribution in [3.63, 3.8) is 0 Å². The largest absolute Gasteiger partial charge is 0.479 e. The number of carbonyl (C=O) groups excluding carboxylic acids is 2. The lowest BCUT2D eigenvalue weighted by molar-refractivity contribution is -0.149. The van der Waals surface area contributed by atoms with E-state index in [4.69, 9.17) is 16.3 Å². The zero-order chi connectivity index (χ0) is 25.6. The van der Waals surface area contributed by atoms with E-state index in [2.05, 4.69) is 10.3 Å². The van der Waals surface area contributed by atoms with Crippen molar-refractivity contribution < 1.29 is 19.4 Å². The van der Waals surface area contributed by atoms with Crippen LogP contribution in [0.15, 0.2) is 30.5 Å². The Hall–Kier alpha value is -2.72. The van der Waals surface area contributed by atoms with Gasteiger partial charge in [-0.3, -0.25) is 14.6 Å². The van der Waals surface area contributed by atoms with Crippen LogP contribution in [0.5, 0.6) is 5.75 Å². The Kier molecular flexibility index (Phi) is 6.67. The molecule has 2 aromatic heterocycles. The maximum atomic E-state index is 13.1. The van der Waals surface area contributed by atoms with Crippen LogP contribution in [-0.2, 0) is 21.6 Å². The lowest BCUT2D eigenvalue weighted by atomic mass is 9.96. The summed E-state index contributed by atoms with van der Waals surface area (Å²) in [6.45, 7) is 4.67. The van der Waals surface area contributed by atoms with Gasteiger partial charge in [-0.05, 0) is 30.7 Å². The molecule has 1 aromatic carbocycles. The Balaban J connectivity index is 1.55. The van der Waals surface area contributed by atoms with E-state index >= 15 is 0 Å². The lowest BCUT2D eigenvalue weighted by Crippen LogP contribution is -2.50. The third kappa shape index (κ3) is 4.24. The highest BCUT2D eigenvalue weighted by atomic mass is 35.5. The predicted molar refractivity (Wildman–Crippen MR) is 141 cm³/mol. The molecule has 0 spiro atoms. The summed E-state index contributed by atoms with van der Waals surface area (Å²) < 4.78 is 7.10. The molecule has 1 saturated heterocycles. The molecule has 2 atom stereocenters. The van der Waals surface area contributed by atoms with Gasteiger partial charge >= 0.3 is 0 Å². The van der Waals surface area contributed by atoms with Crippen molar-refractivity contribution in [1.29, 1.82) is 0 Å². The number of fused-ring (bicyclic) bond motifs is 2. The third-order valence-electron chi connectivity index (χ3n) is 6.88. The molecular formula is C26H29ClN4O4S. The number of nitrogens with one attached hydrogen (secondary N) is 1. The molecule has 8 nitrogen and oxygen atoms in total. The molecule has 2 aliphatic heterocycles. The Bertz CT molecular complexity index is 1340. The monoisotopic (exact) mass is 528 g/mol. The number of rotatable bonds is 5. The third-order valence-corrected chi connectivity index (χ3v) is 8.41. The molecule has 36 heavy (non-hydrogen) atoms. The summed E-state index contributed by atoms with van der Waals surface area (Å²) >= 11 is 7.86. The van der Waals surface area contributed by atoms with E-state index in [1.54, 1.807) is 33.3 Å². The van der Waals surface area contributed by atoms with Crippen molar-refractivity contribution in [2.24, 2.45) is 0 Å². The van der Waals surface area contributed by atoms with Crippen LogP contribution in [0.4, 0.5) is 0 Å². The summed E-state index contributed by atoms with van der Waals surface area (Å²) in [5.74, 6) is 0.257. The van der Waals surface area contributed by atoms with Gasteiger partial charge in [0.1, 0.15) is 5.75 Å². The summed E-state index contributed by atoms with van der Waals surface area (Å²) in [6.07, 6.45) is 1.80. The van der Waals surface area contributed by atoms with Gasteiger partial charge in [0.25, 0.3) is 11.8 Å². The summed E-state index contributed by atoms with van der Waals surface area (Å²) in [6, 6.07) is 7.34. The van der Waals surface area contributed by atoms with E-state index in [-0.39, 0.29) is 18.2 Å². The van der Waals surface area contributed by atoms with Gasteiger partial charge in [-0.15, -0.1) is 11.3 Å². The zero-order valence-electron chi connectivity index (χ0n) is 20.5. The fourth-order valence-corrected chi connectivity index (χ4v) is 6.44. The highest BCUT2D eigenvalue weighted by molar-refractivity contribution is 7.19. The number of halogens is 1. The van der Waals surface area contributed by atoms with Crippen molar-refractivity contribution in [3.8, 4) is 16.9 Å². The van der Waals surface area contributed by atoms with Gasteiger partial charge < -0.3 is 25.0 Å². The van der Waals surface area contributed by atoms with Crippen molar-refractivity contribution in [2.75, 3.05) is 40.3 Å². The molecule has 2 N–H and O–H groups in total. The Labute approximate surface area is 218 Å². The summed E-state index contributed by atoms with van der Waals surface area (Å²) in [7, 11) is 3.26. The number of amides is 2. The first-order valence-electron chi connectivity index (χ1n) is 12.0. The normalized spacial score (nSPS) is 19.0. The van der Waals surface area contributed by atoms with E-state index in [1.165, 1.54) is 16.2 Å². The summed E-state index contributed by atoms with van der Waals surface area (Å²) in [4.78, 5) is 34.3. The number of ether oxygens (including phenoxy) is 1. The fraction of sp³-hybridized carbons (Fsp3) is 0.423. The van der Waals surface area contributed by atoms with Crippen LogP contribution >= 0.6 is 22.9 Å². The molecule has 2 aliphatic rings. The molecule has 0 radical (unpaired) electrons. The Morgan fingerprint density at radius 1 is 1.28 bits per heavy atom. The second-order valence-corrected chi connectivity index (χ2v) is 10.9. The molecule has 2 amide bonds. The summed E-state index contributed by atoms with van der Waals surface area (Å²) in [5.41, 5.74) is 1.53. The van der Waals surface area contributed by atoms with Crippen LogP contribution in [0.25, 0.3) is 21.3 Å².